The van der Waals surface area contributed by atoms with Crippen molar-refractivity contribution in [1.29, 1.82) is 5.26 Å². The van der Waals surface area contributed by atoms with Crippen molar-refractivity contribution in [3.8, 4) is 6.07 Å². The van der Waals surface area contributed by atoms with E-state index in [-0.39, 0.29) is 11.9 Å². The van der Waals surface area contributed by atoms with E-state index >= 15 is 0 Å². The molecule has 16 heavy (non-hydrogen) atoms. The summed E-state index contributed by atoms with van der Waals surface area (Å²) in [6, 6.07) is 2.41. The van der Waals surface area contributed by atoms with E-state index in [1.807, 2.05) is 6.92 Å². The molecule has 1 fully saturated rings. The Morgan fingerprint density at radius 3 is 2.38 bits per heavy atom. The van der Waals surface area contributed by atoms with E-state index in [0.29, 0.717) is 6.42 Å². The molecule has 0 saturated heterocycles. The lowest BCUT2D eigenvalue weighted by Crippen LogP contribution is -2.43. The fourth-order valence-corrected chi connectivity index (χ4v) is 2.06. The van der Waals surface area contributed by atoms with E-state index in [2.05, 4.69) is 11.4 Å². The number of nitrogens with zero attached hydrogens (tertiary/aromatic N) is 1. The average molecular weight is 222 g/mol. The second-order valence-electron chi connectivity index (χ2n) is 4.96. The molecule has 0 aromatic heterocycles. The maximum Gasteiger partial charge on any atom is 0.240 e. The van der Waals surface area contributed by atoms with Crippen LogP contribution in [0.5, 0.6) is 0 Å². The molecular weight excluding hydrogens is 200 g/mol. The highest BCUT2D eigenvalue weighted by Gasteiger charge is 2.32. The van der Waals surface area contributed by atoms with E-state index in [9.17, 15) is 4.79 Å². The maximum atomic E-state index is 12.0. The summed E-state index contributed by atoms with van der Waals surface area (Å²) in [6.45, 7) is 3.61. The molecule has 0 aliphatic heterocycles. The van der Waals surface area contributed by atoms with Gasteiger partial charge in [0.15, 0.2) is 0 Å². The molecule has 1 saturated carbocycles. The van der Waals surface area contributed by atoms with Crippen LogP contribution in [0, 0.1) is 16.7 Å². The summed E-state index contributed by atoms with van der Waals surface area (Å²) in [4.78, 5) is 12.0. The molecule has 1 unspecified atom stereocenters. The van der Waals surface area contributed by atoms with Crippen LogP contribution in [0.25, 0.3) is 0 Å². The number of carbonyl (C=O) groups is 1. The van der Waals surface area contributed by atoms with Crippen molar-refractivity contribution in [2.75, 3.05) is 0 Å². The predicted molar refractivity (Wildman–Crippen MR) is 63.6 cm³/mol. The minimum absolute atomic E-state index is 0.0931. The third-order valence-electron chi connectivity index (χ3n) is 3.65. The molecule has 90 valence electrons. The van der Waals surface area contributed by atoms with Crippen LogP contribution in [0.1, 0.15) is 58.8 Å². The Labute approximate surface area is 98.2 Å². The summed E-state index contributed by atoms with van der Waals surface area (Å²) >= 11 is 0. The standard InChI is InChI=1S/C13H22N2O/c1-3-13(2,10-14)12(16)15-11-8-6-4-5-7-9-11/h11H,3-9H2,1-2H3,(H,15,16). The molecule has 3 nitrogen and oxygen atoms in total. The Morgan fingerprint density at radius 2 is 1.94 bits per heavy atom. The summed E-state index contributed by atoms with van der Waals surface area (Å²) < 4.78 is 0. The van der Waals surface area contributed by atoms with Gasteiger partial charge in [-0.05, 0) is 26.2 Å². The van der Waals surface area contributed by atoms with Gasteiger partial charge in [-0.1, -0.05) is 32.6 Å². The number of hydrogen-bond donors (Lipinski definition) is 1. The number of hydrogen-bond acceptors (Lipinski definition) is 2. The van der Waals surface area contributed by atoms with Gasteiger partial charge in [-0.25, -0.2) is 0 Å². The summed E-state index contributed by atoms with van der Waals surface area (Å²) in [6.07, 6.45) is 7.64. The van der Waals surface area contributed by atoms with Crippen molar-refractivity contribution in [1.82, 2.24) is 5.32 Å². The Morgan fingerprint density at radius 1 is 1.38 bits per heavy atom. The van der Waals surface area contributed by atoms with Crippen LogP contribution >= 0.6 is 0 Å². The van der Waals surface area contributed by atoms with E-state index in [1.165, 1.54) is 25.7 Å². The van der Waals surface area contributed by atoms with Crippen molar-refractivity contribution >= 4 is 5.91 Å². The lowest BCUT2D eigenvalue weighted by atomic mass is 9.88. The van der Waals surface area contributed by atoms with Gasteiger partial charge in [0.05, 0.1) is 6.07 Å². The van der Waals surface area contributed by atoms with E-state index in [1.54, 1.807) is 6.92 Å². The highest BCUT2D eigenvalue weighted by molar-refractivity contribution is 5.85. The maximum absolute atomic E-state index is 12.0. The van der Waals surface area contributed by atoms with Crippen LogP contribution < -0.4 is 5.32 Å². The number of amides is 1. The van der Waals surface area contributed by atoms with Crippen LogP contribution in [0.2, 0.25) is 0 Å². The lowest BCUT2D eigenvalue weighted by Gasteiger charge is -2.23. The zero-order chi connectivity index (χ0) is 12.0. The lowest BCUT2D eigenvalue weighted by molar-refractivity contribution is -0.128. The van der Waals surface area contributed by atoms with Gasteiger partial charge in [-0.3, -0.25) is 4.79 Å². The van der Waals surface area contributed by atoms with Gasteiger partial charge < -0.3 is 5.32 Å². The van der Waals surface area contributed by atoms with E-state index in [4.69, 9.17) is 5.26 Å². The van der Waals surface area contributed by atoms with Gasteiger partial charge >= 0.3 is 0 Å². The van der Waals surface area contributed by atoms with Crippen molar-refractivity contribution in [3.63, 3.8) is 0 Å². The minimum Gasteiger partial charge on any atom is -0.352 e. The highest BCUT2D eigenvalue weighted by Crippen LogP contribution is 2.22. The molecule has 3 heteroatoms. The Bertz CT molecular complexity index is 274. The summed E-state index contributed by atoms with van der Waals surface area (Å²) in [5.41, 5.74) is -0.855. The normalized spacial score (nSPS) is 21.6. The van der Waals surface area contributed by atoms with Crippen molar-refractivity contribution in [2.24, 2.45) is 5.41 Å². The smallest absolute Gasteiger partial charge is 0.240 e. The topological polar surface area (TPSA) is 52.9 Å². The zero-order valence-corrected chi connectivity index (χ0v) is 10.4. The molecule has 0 heterocycles. The monoisotopic (exact) mass is 222 g/mol. The van der Waals surface area contributed by atoms with E-state index in [0.717, 1.165) is 12.8 Å². The molecule has 1 aliphatic carbocycles. The first-order chi connectivity index (χ1) is 7.62. The third-order valence-corrected chi connectivity index (χ3v) is 3.65. The first-order valence-corrected chi connectivity index (χ1v) is 6.34. The number of rotatable bonds is 3. The van der Waals surface area contributed by atoms with Gasteiger partial charge in [-0.15, -0.1) is 0 Å². The SMILES string of the molecule is CCC(C)(C#N)C(=O)NC1CCCCCC1. The molecule has 0 spiro atoms. The Balaban J connectivity index is 2.52. The molecule has 1 aliphatic rings. The van der Waals surface area contributed by atoms with Crippen LogP contribution in [0.4, 0.5) is 0 Å². The van der Waals surface area contributed by atoms with Crippen LogP contribution in [0.3, 0.4) is 0 Å². The largest absolute Gasteiger partial charge is 0.352 e. The van der Waals surface area contributed by atoms with Gasteiger partial charge in [0.25, 0.3) is 0 Å². The molecule has 1 atom stereocenters. The average Bonchev–Trinajstić information content (AvgIpc) is 2.56. The Kier molecular flexibility index (Phi) is 4.79. The zero-order valence-electron chi connectivity index (χ0n) is 10.4. The minimum atomic E-state index is -0.855. The van der Waals surface area contributed by atoms with E-state index < -0.39 is 5.41 Å². The summed E-state index contributed by atoms with van der Waals surface area (Å²) in [7, 11) is 0. The number of carbonyl (C=O) groups excluding carboxylic acids is 1. The first kappa shape index (κ1) is 13.0. The number of nitriles is 1. The second kappa shape index (κ2) is 5.89. The van der Waals surface area contributed by atoms with Gasteiger partial charge in [-0.2, -0.15) is 5.26 Å². The van der Waals surface area contributed by atoms with Crippen LogP contribution in [0.15, 0.2) is 0 Å². The van der Waals surface area contributed by atoms with Crippen molar-refractivity contribution in [2.45, 2.75) is 64.8 Å². The van der Waals surface area contributed by atoms with Crippen LogP contribution in [-0.2, 0) is 4.79 Å². The van der Waals surface area contributed by atoms with Crippen molar-refractivity contribution in [3.05, 3.63) is 0 Å². The summed E-state index contributed by atoms with van der Waals surface area (Å²) in [5, 5.41) is 12.1. The molecule has 0 aromatic carbocycles. The molecule has 1 rings (SSSR count). The van der Waals surface area contributed by atoms with Gasteiger partial charge in [0.1, 0.15) is 5.41 Å². The fraction of sp³-hybridized carbons (Fsp3) is 0.846. The fourth-order valence-electron chi connectivity index (χ4n) is 2.06. The van der Waals surface area contributed by atoms with Gasteiger partial charge in [0.2, 0.25) is 5.91 Å². The molecule has 0 aromatic rings. The molecular formula is C13H22N2O. The van der Waals surface area contributed by atoms with Gasteiger partial charge in [0, 0.05) is 6.04 Å². The molecule has 1 N–H and O–H groups in total. The summed E-state index contributed by atoms with van der Waals surface area (Å²) in [5.74, 6) is -0.0931. The first-order valence-electron chi connectivity index (χ1n) is 6.34. The van der Waals surface area contributed by atoms with Crippen molar-refractivity contribution < 1.29 is 4.79 Å². The second-order valence-corrected chi connectivity index (χ2v) is 4.96. The molecule has 0 radical (unpaired) electrons. The van der Waals surface area contributed by atoms with Crippen LogP contribution in [-0.4, -0.2) is 11.9 Å². The highest BCUT2D eigenvalue weighted by atomic mass is 16.2. The molecule has 0 bridgehead atoms. The Hall–Kier alpha value is -1.04. The third kappa shape index (κ3) is 3.23. The molecule has 1 amide bonds. The number of nitrogens with one attached hydrogen (secondary N) is 1. The quantitative estimate of drug-likeness (QED) is 0.746. The predicted octanol–water partition coefficient (Wildman–Crippen LogP) is 2.77.